The predicted molar refractivity (Wildman–Crippen MR) is 46.2 cm³/mol. The van der Waals surface area contributed by atoms with Gasteiger partial charge in [-0.15, -0.1) is 0 Å². The highest BCUT2D eigenvalue weighted by molar-refractivity contribution is 5.82. The molecule has 0 radical (unpaired) electrons. The molecule has 3 aliphatic rings. The summed E-state index contributed by atoms with van der Waals surface area (Å²) >= 11 is 0. The lowest BCUT2D eigenvalue weighted by molar-refractivity contribution is -0.339. The summed E-state index contributed by atoms with van der Waals surface area (Å²) in [5.74, 6) is -1.17. The lowest BCUT2D eigenvalue weighted by Crippen LogP contribution is -2.33. The fraction of sp³-hybridized carbons (Fsp3) is 0.800. The second-order valence-corrected chi connectivity index (χ2v) is 4.40. The summed E-state index contributed by atoms with van der Waals surface area (Å²) in [4.78, 5) is 32.7. The molecule has 0 amide bonds. The van der Waals surface area contributed by atoms with Gasteiger partial charge in [-0.1, -0.05) is 0 Å². The largest absolute Gasteiger partial charge is 0.317 e. The first-order valence-corrected chi connectivity index (χ1v) is 5.08. The molecule has 2 bridgehead atoms. The Bertz CT molecular complexity index is 357. The Balaban J connectivity index is 1.93. The third kappa shape index (κ3) is 1.14. The number of fused-ring (bicyclic) bond motifs is 5. The molecular weight excluding hydrogens is 200 g/mol. The monoisotopic (exact) mass is 213 g/mol. The summed E-state index contributed by atoms with van der Waals surface area (Å²) in [6, 6.07) is 0. The minimum atomic E-state index is -0.672. The van der Waals surface area contributed by atoms with Crippen molar-refractivity contribution in [3.8, 4) is 0 Å². The number of hydrogen-bond acceptors (Lipinski definition) is 5. The first-order chi connectivity index (χ1) is 7.59. The van der Waals surface area contributed by atoms with Gasteiger partial charge in [-0.25, -0.2) is 9.78 Å². The maximum absolute atomic E-state index is 11.6. The molecule has 0 N–H and O–H groups in total. The van der Waals surface area contributed by atoms with Crippen molar-refractivity contribution in [3.05, 3.63) is 0 Å². The van der Waals surface area contributed by atoms with E-state index in [0.717, 1.165) is 0 Å². The molecule has 82 valence electrons. The summed E-state index contributed by atoms with van der Waals surface area (Å²) in [5, 5.41) is 0. The Labute approximate surface area is 88.0 Å². The van der Waals surface area contributed by atoms with Gasteiger partial charge in [-0.3, -0.25) is 4.79 Å². The second kappa shape index (κ2) is 3.10. The zero-order valence-corrected chi connectivity index (χ0v) is 8.21. The number of carbonyl (C=O) groups excluding carboxylic acids is 2. The number of aldehydes is 1. The molecule has 1 saturated carbocycles. The van der Waals surface area contributed by atoms with E-state index in [-0.39, 0.29) is 17.6 Å². The molecule has 1 aliphatic carbocycles. The molecule has 6 atom stereocenters. The summed E-state index contributed by atoms with van der Waals surface area (Å²) < 4.78 is 12.6. The first kappa shape index (κ1) is 8.38. The van der Waals surface area contributed by atoms with Crippen molar-refractivity contribution in [2.75, 3.05) is 0 Å². The van der Waals surface area contributed by atoms with E-state index in [1.807, 2.05) is 0 Å². The van der Waals surface area contributed by atoms with Crippen molar-refractivity contribution in [3.63, 3.8) is 0 Å². The Kier molecular flexibility index (Phi) is 1.73. The van der Waals surface area contributed by atoms with Gasteiger partial charge in [0.05, 0.1) is 0 Å². The molecule has 2 aliphatic heterocycles. The van der Waals surface area contributed by atoms with E-state index >= 15 is 0 Å². The molecule has 5 heteroatoms. The van der Waals surface area contributed by atoms with E-state index in [9.17, 15) is 9.59 Å². The lowest BCUT2D eigenvalue weighted by Gasteiger charge is -2.23. The van der Waals surface area contributed by atoms with Gasteiger partial charge in [0.2, 0.25) is 0 Å². The molecule has 0 aromatic heterocycles. The Morgan fingerprint density at radius 2 is 2.20 bits per heavy atom. The van der Waals surface area contributed by atoms with Gasteiger partial charge in [0.25, 0.3) is 0 Å². The minimum Gasteiger partial charge on any atom is -0.317 e. The standard InChI is InChI=1S/C10H12O5/c1-4(12)7-5(3-11)2-6-8(7)10-13-9(6)14-15-10/h3,5-10H,2H2,1H3/t5-,6-,7+,8-,9-,10+/m1/s1/i3D. The van der Waals surface area contributed by atoms with E-state index in [0.29, 0.717) is 6.42 Å². The van der Waals surface area contributed by atoms with Crippen LogP contribution in [0.15, 0.2) is 0 Å². The number of rotatable bonds is 2. The molecule has 0 aromatic carbocycles. The highest BCUT2D eigenvalue weighted by Crippen LogP contribution is 2.54. The van der Waals surface area contributed by atoms with Crippen molar-refractivity contribution in [2.24, 2.45) is 23.7 Å². The summed E-state index contributed by atoms with van der Waals surface area (Å²) in [6.07, 6.45) is -1.20. The number of carbonyl (C=O) groups is 2. The van der Waals surface area contributed by atoms with E-state index < -0.39 is 30.7 Å². The van der Waals surface area contributed by atoms with Crippen LogP contribution in [0.5, 0.6) is 0 Å². The van der Waals surface area contributed by atoms with Crippen LogP contribution in [0.2, 0.25) is 0 Å². The Hall–Kier alpha value is -0.780. The van der Waals surface area contributed by atoms with Gasteiger partial charge >= 0.3 is 0 Å². The normalized spacial score (nSPS) is 52.7. The molecular formula is C10H12O5. The Morgan fingerprint density at radius 1 is 1.47 bits per heavy atom. The van der Waals surface area contributed by atoms with Crippen molar-refractivity contribution in [1.29, 1.82) is 0 Å². The summed E-state index contributed by atoms with van der Waals surface area (Å²) in [7, 11) is 0. The molecule has 0 unspecified atom stereocenters. The average molecular weight is 213 g/mol. The molecule has 2 heterocycles. The van der Waals surface area contributed by atoms with E-state index in [1.54, 1.807) is 0 Å². The van der Waals surface area contributed by atoms with Crippen LogP contribution in [0.3, 0.4) is 0 Å². The third-order valence-electron chi connectivity index (χ3n) is 3.67. The van der Waals surface area contributed by atoms with Crippen LogP contribution < -0.4 is 0 Å². The van der Waals surface area contributed by atoms with Crippen LogP contribution in [0.4, 0.5) is 0 Å². The van der Waals surface area contributed by atoms with Crippen molar-refractivity contribution < 1.29 is 25.5 Å². The topological polar surface area (TPSA) is 61.8 Å². The molecule has 2 saturated heterocycles. The van der Waals surface area contributed by atoms with Crippen LogP contribution in [-0.4, -0.2) is 24.6 Å². The molecule has 3 rings (SSSR count). The van der Waals surface area contributed by atoms with Crippen LogP contribution in [-0.2, 0) is 24.1 Å². The number of ketones is 1. The van der Waals surface area contributed by atoms with E-state index in [4.69, 9.17) is 15.9 Å². The average Bonchev–Trinajstić information content (AvgIpc) is 2.87. The maximum atomic E-state index is 11.6. The number of hydrogen-bond donors (Lipinski definition) is 0. The van der Waals surface area contributed by atoms with Gasteiger partial charge in [0.1, 0.15) is 13.4 Å². The highest BCUT2D eigenvalue weighted by Gasteiger charge is 2.62. The van der Waals surface area contributed by atoms with Gasteiger partial charge in [0.15, 0.2) is 12.6 Å². The predicted octanol–water partition coefficient (Wildman–Crippen LogP) is 0.287. The molecule has 0 spiro atoms. The zero-order valence-electron chi connectivity index (χ0n) is 9.21. The second-order valence-electron chi connectivity index (χ2n) is 4.40. The van der Waals surface area contributed by atoms with Crippen LogP contribution >= 0.6 is 0 Å². The van der Waals surface area contributed by atoms with Gasteiger partial charge in [0, 0.05) is 23.7 Å². The number of Topliss-reactive ketones (excluding diaryl/α,β-unsaturated/α-hetero) is 1. The van der Waals surface area contributed by atoms with Gasteiger partial charge in [-0.2, -0.15) is 0 Å². The van der Waals surface area contributed by atoms with Crippen molar-refractivity contribution >= 4 is 12.0 Å². The van der Waals surface area contributed by atoms with E-state index in [1.165, 1.54) is 6.92 Å². The Morgan fingerprint density at radius 3 is 2.87 bits per heavy atom. The number of ether oxygens (including phenoxy) is 1. The molecule has 0 aromatic rings. The van der Waals surface area contributed by atoms with Gasteiger partial charge < -0.3 is 9.53 Å². The lowest BCUT2D eigenvalue weighted by atomic mass is 9.85. The fourth-order valence-corrected chi connectivity index (χ4v) is 3.09. The van der Waals surface area contributed by atoms with Crippen LogP contribution in [0, 0.1) is 23.7 Å². The smallest absolute Gasteiger partial charge is 0.198 e. The van der Waals surface area contributed by atoms with Crippen molar-refractivity contribution in [1.82, 2.24) is 0 Å². The first-order valence-electron chi connectivity index (χ1n) is 5.58. The minimum absolute atomic E-state index is 0.00644. The van der Waals surface area contributed by atoms with Crippen LogP contribution in [0.1, 0.15) is 14.7 Å². The molecule has 5 nitrogen and oxygen atoms in total. The third-order valence-corrected chi connectivity index (χ3v) is 3.67. The van der Waals surface area contributed by atoms with Crippen molar-refractivity contribution in [2.45, 2.75) is 25.9 Å². The van der Waals surface area contributed by atoms with Gasteiger partial charge in [-0.05, 0) is 13.3 Å². The SMILES string of the molecule is [2H]C(=O)[C@H]1C[C@H]2[C@H]3OO[C@H](O3)[C@H]2[C@H]1C(C)=O. The molecule has 3 fully saturated rings. The highest BCUT2D eigenvalue weighted by atomic mass is 17.3. The zero-order chi connectivity index (χ0) is 11.4. The maximum Gasteiger partial charge on any atom is 0.198 e. The molecule has 15 heavy (non-hydrogen) atoms. The van der Waals surface area contributed by atoms with Crippen LogP contribution in [0.25, 0.3) is 0 Å². The van der Waals surface area contributed by atoms with E-state index in [2.05, 4.69) is 0 Å². The summed E-state index contributed by atoms with van der Waals surface area (Å²) in [5.41, 5.74) is 0. The summed E-state index contributed by atoms with van der Waals surface area (Å²) in [6.45, 7) is 1.45. The fourth-order valence-electron chi connectivity index (χ4n) is 3.09. The quantitative estimate of drug-likeness (QED) is 0.487.